The standard InChI is InChI=1S/C14H11ClN4O/c15-10-1-4-12(5-2-10)18-14(20)19-13-6-3-11(17)7-9(13)8-16/h1-7H,17H2,(H2,18,19,20). The van der Waals surface area contributed by atoms with Crippen LogP contribution in [0.1, 0.15) is 5.56 Å². The highest BCUT2D eigenvalue weighted by molar-refractivity contribution is 6.30. The molecule has 100 valence electrons. The summed E-state index contributed by atoms with van der Waals surface area (Å²) in [5.41, 5.74) is 7.34. The summed E-state index contributed by atoms with van der Waals surface area (Å²) in [6.07, 6.45) is 0. The summed E-state index contributed by atoms with van der Waals surface area (Å²) in [5.74, 6) is 0. The molecule has 0 aliphatic carbocycles. The van der Waals surface area contributed by atoms with Crippen molar-refractivity contribution in [3.8, 4) is 6.07 Å². The summed E-state index contributed by atoms with van der Waals surface area (Å²) in [4.78, 5) is 11.8. The van der Waals surface area contributed by atoms with Crippen LogP contribution < -0.4 is 16.4 Å². The Morgan fingerprint density at radius 3 is 2.50 bits per heavy atom. The molecule has 0 atom stereocenters. The number of nitrogen functional groups attached to an aromatic ring is 1. The number of urea groups is 1. The van der Waals surface area contributed by atoms with Gasteiger partial charge in [0.05, 0.1) is 11.3 Å². The molecule has 0 heterocycles. The van der Waals surface area contributed by atoms with Gasteiger partial charge in [0, 0.05) is 16.4 Å². The molecule has 20 heavy (non-hydrogen) atoms. The first-order valence-corrected chi connectivity index (χ1v) is 6.09. The Hall–Kier alpha value is -2.71. The molecule has 2 rings (SSSR count). The van der Waals surface area contributed by atoms with Crippen molar-refractivity contribution in [2.75, 3.05) is 16.4 Å². The van der Waals surface area contributed by atoms with E-state index in [1.807, 2.05) is 6.07 Å². The summed E-state index contributed by atoms with van der Waals surface area (Å²) >= 11 is 5.76. The van der Waals surface area contributed by atoms with Crippen molar-refractivity contribution in [3.05, 3.63) is 53.1 Å². The molecule has 2 aromatic rings. The lowest BCUT2D eigenvalue weighted by Crippen LogP contribution is -2.20. The highest BCUT2D eigenvalue weighted by atomic mass is 35.5. The van der Waals surface area contributed by atoms with E-state index in [1.165, 1.54) is 6.07 Å². The quantitative estimate of drug-likeness (QED) is 0.739. The van der Waals surface area contributed by atoms with Crippen LogP contribution >= 0.6 is 11.6 Å². The lowest BCUT2D eigenvalue weighted by molar-refractivity contribution is 0.262. The molecular formula is C14H11ClN4O. The minimum absolute atomic E-state index is 0.302. The molecule has 2 amide bonds. The number of carbonyl (C=O) groups excluding carboxylic acids is 1. The fraction of sp³-hybridized carbons (Fsp3) is 0. The third-order valence-electron chi connectivity index (χ3n) is 2.51. The number of hydrogen-bond acceptors (Lipinski definition) is 3. The van der Waals surface area contributed by atoms with Crippen molar-refractivity contribution in [1.29, 1.82) is 5.26 Å². The van der Waals surface area contributed by atoms with E-state index in [2.05, 4.69) is 10.6 Å². The number of nitrogens with two attached hydrogens (primary N) is 1. The van der Waals surface area contributed by atoms with Crippen molar-refractivity contribution >= 4 is 34.7 Å². The number of nitriles is 1. The molecule has 0 unspecified atom stereocenters. The topological polar surface area (TPSA) is 90.9 Å². The van der Waals surface area contributed by atoms with Gasteiger partial charge in [-0.3, -0.25) is 0 Å². The van der Waals surface area contributed by atoms with Crippen LogP contribution in [-0.4, -0.2) is 6.03 Å². The fourth-order valence-corrected chi connectivity index (χ4v) is 1.71. The van der Waals surface area contributed by atoms with E-state index in [0.29, 0.717) is 27.6 Å². The fourth-order valence-electron chi connectivity index (χ4n) is 1.58. The first kappa shape index (κ1) is 13.7. The van der Waals surface area contributed by atoms with Gasteiger partial charge in [-0.25, -0.2) is 4.79 Å². The number of nitrogens with one attached hydrogen (secondary N) is 2. The van der Waals surface area contributed by atoms with Gasteiger partial charge in [-0.1, -0.05) is 11.6 Å². The normalized spacial score (nSPS) is 9.60. The van der Waals surface area contributed by atoms with E-state index < -0.39 is 6.03 Å². The molecule has 0 spiro atoms. The molecule has 0 bridgehead atoms. The molecule has 0 fully saturated rings. The first-order valence-electron chi connectivity index (χ1n) is 5.71. The van der Waals surface area contributed by atoms with E-state index in [1.54, 1.807) is 36.4 Å². The summed E-state index contributed by atoms with van der Waals surface area (Å²) in [6, 6.07) is 12.9. The minimum Gasteiger partial charge on any atom is -0.399 e. The van der Waals surface area contributed by atoms with Gasteiger partial charge in [-0.05, 0) is 42.5 Å². The van der Waals surface area contributed by atoms with Crippen LogP contribution in [0.25, 0.3) is 0 Å². The Bertz CT molecular complexity index is 677. The monoisotopic (exact) mass is 286 g/mol. The van der Waals surface area contributed by atoms with Gasteiger partial charge in [-0.2, -0.15) is 5.26 Å². The van der Waals surface area contributed by atoms with E-state index in [0.717, 1.165) is 0 Å². The molecule has 0 saturated heterocycles. The smallest absolute Gasteiger partial charge is 0.323 e. The number of benzene rings is 2. The summed E-state index contributed by atoms with van der Waals surface area (Å²) in [7, 11) is 0. The third kappa shape index (κ3) is 3.40. The van der Waals surface area contributed by atoms with Crippen molar-refractivity contribution in [1.82, 2.24) is 0 Å². The van der Waals surface area contributed by atoms with E-state index in [-0.39, 0.29) is 0 Å². The Kier molecular flexibility index (Phi) is 4.08. The van der Waals surface area contributed by atoms with Crippen molar-refractivity contribution in [3.63, 3.8) is 0 Å². The van der Waals surface area contributed by atoms with Gasteiger partial charge in [0.1, 0.15) is 6.07 Å². The number of hydrogen-bond donors (Lipinski definition) is 3. The first-order chi connectivity index (χ1) is 9.58. The molecule has 0 aromatic heterocycles. The zero-order valence-corrected chi connectivity index (χ0v) is 11.1. The van der Waals surface area contributed by atoms with Crippen LogP contribution in [0.3, 0.4) is 0 Å². The zero-order valence-electron chi connectivity index (χ0n) is 10.4. The minimum atomic E-state index is -0.450. The molecule has 4 N–H and O–H groups in total. The maximum absolute atomic E-state index is 11.8. The van der Waals surface area contributed by atoms with E-state index >= 15 is 0 Å². The van der Waals surface area contributed by atoms with Crippen molar-refractivity contribution in [2.24, 2.45) is 0 Å². The molecule has 0 aliphatic heterocycles. The zero-order chi connectivity index (χ0) is 14.5. The van der Waals surface area contributed by atoms with Crippen LogP contribution in [0.2, 0.25) is 5.02 Å². The Morgan fingerprint density at radius 1 is 1.15 bits per heavy atom. The highest BCUT2D eigenvalue weighted by Crippen LogP contribution is 2.19. The lowest BCUT2D eigenvalue weighted by Gasteiger charge is -2.09. The van der Waals surface area contributed by atoms with Gasteiger partial charge >= 0.3 is 6.03 Å². The van der Waals surface area contributed by atoms with Gasteiger partial charge in [0.2, 0.25) is 0 Å². The Labute approximate surface area is 121 Å². The van der Waals surface area contributed by atoms with Gasteiger partial charge in [0.25, 0.3) is 0 Å². The second kappa shape index (κ2) is 5.95. The van der Waals surface area contributed by atoms with Crippen LogP contribution in [0.4, 0.5) is 21.9 Å². The van der Waals surface area contributed by atoms with Gasteiger partial charge in [-0.15, -0.1) is 0 Å². The predicted molar refractivity (Wildman–Crippen MR) is 79.7 cm³/mol. The predicted octanol–water partition coefficient (Wildman–Crippen LogP) is 3.44. The number of amides is 2. The average molecular weight is 287 g/mol. The lowest BCUT2D eigenvalue weighted by atomic mass is 10.2. The second-order valence-corrected chi connectivity index (χ2v) is 4.44. The molecule has 0 aliphatic rings. The van der Waals surface area contributed by atoms with E-state index in [9.17, 15) is 4.79 Å². The molecule has 6 heteroatoms. The van der Waals surface area contributed by atoms with Crippen LogP contribution in [0.15, 0.2) is 42.5 Å². The van der Waals surface area contributed by atoms with Gasteiger partial charge < -0.3 is 16.4 Å². The summed E-state index contributed by atoms with van der Waals surface area (Å²) in [5, 5.41) is 14.8. The number of anilines is 3. The van der Waals surface area contributed by atoms with Crippen LogP contribution in [-0.2, 0) is 0 Å². The van der Waals surface area contributed by atoms with Crippen LogP contribution in [0, 0.1) is 11.3 Å². The Balaban J connectivity index is 2.09. The number of halogens is 1. The number of carbonyl (C=O) groups is 1. The van der Waals surface area contributed by atoms with Crippen molar-refractivity contribution in [2.45, 2.75) is 0 Å². The molecule has 5 nitrogen and oxygen atoms in total. The summed E-state index contributed by atoms with van der Waals surface area (Å²) in [6.45, 7) is 0. The SMILES string of the molecule is N#Cc1cc(N)ccc1NC(=O)Nc1ccc(Cl)cc1. The highest BCUT2D eigenvalue weighted by Gasteiger charge is 2.07. The maximum atomic E-state index is 11.8. The number of nitrogens with zero attached hydrogens (tertiary/aromatic N) is 1. The maximum Gasteiger partial charge on any atom is 0.323 e. The average Bonchev–Trinajstić information content (AvgIpc) is 2.43. The van der Waals surface area contributed by atoms with Crippen LogP contribution in [0.5, 0.6) is 0 Å². The van der Waals surface area contributed by atoms with Crippen molar-refractivity contribution < 1.29 is 4.79 Å². The van der Waals surface area contributed by atoms with E-state index in [4.69, 9.17) is 22.6 Å². The molecular weight excluding hydrogens is 276 g/mol. The molecule has 0 radical (unpaired) electrons. The largest absolute Gasteiger partial charge is 0.399 e. The molecule has 2 aromatic carbocycles. The third-order valence-corrected chi connectivity index (χ3v) is 2.77. The number of rotatable bonds is 2. The van der Waals surface area contributed by atoms with Gasteiger partial charge in [0.15, 0.2) is 0 Å². The Morgan fingerprint density at radius 2 is 1.85 bits per heavy atom. The second-order valence-electron chi connectivity index (χ2n) is 4.00. The summed E-state index contributed by atoms with van der Waals surface area (Å²) < 4.78 is 0. The molecule has 0 saturated carbocycles.